The van der Waals surface area contributed by atoms with Crippen molar-refractivity contribution >= 4 is 0 Å². The van der Waals surface area contributed by atoms with Crippen molar-refractivity contribution in [3.05, 3.63) is 35.9 Å². The van der Waals surface area contributed by atoms with Gasteiger partial charge in [-0.1, -0.05) is 30.3 Å². The van der Waals surface area contributed by atoms with Gasteiger partial charge in [0.2, 0.25) is 0 Å². The number of nitrogens with zero attached hydrogens (tertiary/aromatic N) is 1. The van der Waals surface area contributed by atoms with Crippen LogP contribution in [0.1, 0.15) is 24.8 Å². The molecule has 0 aromatic heterocycles. The van der Waals surface area contributed by atoms with E-state index in [1.807, 2.05) is 0 Å². The molecule has 2 saturated heterocycles. The summed E-state index contributed by atoms with van der Waals surface area (Å²) in [7, 11) is 0. The summed E-state index contributed by atoms with van der Waals surface area (Å²) in [5, 5.41) is 0. The van der Waals surface area contributed by atoms with Crippen LogP contribution in [0.25, 0.3) is 0 Å². The molecule has 0 saturated carbocycles. The fourth-order valence-corrected chi connectivity index (χ4v) is 2.92. The zero-order valence-electron chi connectivity index (χ0n) is 10.8. The molecule has 0 N–H and O–H groups in total. The number of hydrogen-bond donors (Lipinski definition) is 0. The third-order valence-corrected chi connectivity index (χ3v) is 3.90. The highest BCUT2D eigenvalue weighted by molar-refractivity contribution is 5.14. The zero-order valence-corrected chi connectivity index (χ0v) is 10.8. The molecule has 2 fully saturated rings. The van der Waals surface area contributed by atoms with Gasteiger partial charge in [-0.25, -0.2) is 0 Å². The van der Waals surface area contributed by atoms with Gasteiger partial charge in [-0.05, 0) is 18.5 Å². The van der Waals surface area contributed by atoms with Gasteiger partial charge in [-0.3, -0.25) is 4.90 Å². The Morgan fingerprint density at radius 2 is 1.78 bits per heavy atom. The summed E-state index contributed by atoms with van der Waals surface area (Å²) in [6, 6.07) is 10.7. The molecule has 0 radical (unpaired) electrons. The Labute approximate surface area is 109 Å². The second kappa shape index (κ2) is 5.39. The van der Waals surface area contributed by atoms with E-state index in [-0.39, 0.29) is 5.79 Å². The number of ether oxygens (including phenoxy) is 2. The third-order valence-electron chi connectivity index (χ3n) is 3.90. The van der Waals surface area contributed by atoms with Crippen LogP contribution in [0.5, 0.6) is 0 Å². The van der Waals surface area contributed by atoms with Gasteiger partial charge in [0.25, 0.3) is 0 Å². The van der Waals surface area contributed by atoms with Gasteiger partial charge in [0.05, 0.1) is 13.2 Å². The first kappa shape index (κ1) is 12.2. The maximum absolute atomic E-state index is 5.81. The maximum Gasteiger partial charge on any atom is 0.169 e. The van der Waals surface area contributed by atoms with Crippen LogP contribution in [0.3, 0.4) is 0 Å². The van der Waals surface area contributed by atoms with Crippen LogP contribution in [0.2, 0.25) is 0 Å². The average Bonchev–Trinajstić information content (AvgIpc) is 2.77. The predicted molar refractivity (Wildman–Crippen MR) is 70.2 cm³/mol. The molecule has 3 heteroatoms. The molecule has 98 valence electrons. The third kappa shape index (κ3) is 2.74. The van der Waals surface area contributed by atoms with Crippen molar-refractivity contribution in [2.75, 3.05) is 26.3 Å². The molecule has 3 nitrogen and oxygen atoms in total. The first-order valence-corrected chi connectivity index (χ1v) is 6.91. The van der Waals surface area contributed by atoms with Crippen LogP contribution in [0.15, 0.2) is 30.3 Å². The van der Waals surface area contributed by atoms with Crippen molar-refractivity contribution in [3.8, 4) is 0 Å². The Balaban J connectivity index is 1.59. The summed E-state index contributed by atoms with van der Waals surface area (Å²) >= 11 is 0. The molecule has 0 unspecified atom stereocenters. The molecule has 1 aromatic carbocycles. The fourth-order valence-electron chi connectivity index (χ4n) is 2.92. The van der Waals surface area contributed by atoms with Gasteiger partial charge in [-0.2, -0.15) is 0 Å². The van der Waals surface area contributed by atoms with Gasteiger partial charge in [0.1, 0.15) is 0 Å². The quantitative estimate of drug-likeness (QED) is 0.801. The minimum Gasteiger partial charge on any atom is -0.347 e. The molecule has 0 amide bonds. The number of hydrogen-bond acceptors (Lipinski definition) is 3. The molecule has 0 atom stereocenters. The smallest absolute Gasteiger partial charge is 0.169 e. The second-order valence-corrected chi connectivity index (χ2v) is 5.22. The van der Waals surface area contributed by atoms with Crippen molar-refractivity contribution in [1.29, 1.82) is 0 Å². The standard InChI is InChI=1S/C15H21NO2/c1-2-5-14(6-3-1)13-16-9-4-7-15(8-10-16)17-11-12-18-15/h1-3,5-6H,4,7-13H2. The summed E-state index contributed by atoms with van der Waals surface area (Å²) < 4.78 is 11.6. The molecule has 0 aliphatic carbocycles. The van der Waals surface area contributed by atoms with Gasteiger partial charge in [-0.15, -0.1) is 0 Å². The predicted octanol–water partition coefficient (Wildman–Crippen LogP) is 2.42. The van der Waals surface area contributed by atoms with Gasteiger partial charge in [0, 0.05) is 25.9 Å². The topological polar surface area (TPSA) is 21.7 Å². The van der Waals surface area contributed by atoms with Crippen molar-refractivity contribution in [2.45, 2.75) is 31.6 Å². The fraction of sp³-hybridized carbons (Fsp3) is 0.600. The van der Waals surface area contributed by atoms with E-state index in [1.165, 1.54) is 5.56 Å². The molecule has 2 aliphatic rings. The van der Waals surface area contributed by atoms with Gasteiger partial charge >= 0.3 is 0 Å². The van der Waals surface area contributed by atoms with E-state index >= 15 is 0 Å². The van der Waals surface area contributed by atoms with E-state index < -0.39 is 0 Å². The molecule has 0 bridgehead atoms. The lowest BCUT2D eigenvalue weighted by molar-refractivity contribution is -0.164. The highest BCUT2D eigenvalue weighted by atomic mass is 16.7. The lowest BCUT2D eigenvalue weighted by Crippen LogP contribution is -2.32. The van der Waals surface area contributed by atoms with Crippen molar-refractivity contribution in [1.82, 2.24) is 4.90 Å². The molecule has 1 aromatic rings. The molecule has 1 spiro atoms. The molecular weight excluding hydrogens is 226 g/mol. The normalized spacial score (nSPS) is 24.2. The van der Waals surface area contributed by atoms with Crippen molar-refractivity contribution in [2.24, 2.45) is 0 Å². The number of benzene rings is 1. The first-order chi connectivity index (χ1) is 8.86. The Hall–Kier alpha value is -0.900. The van der Waals surface area contributed by atoms with Crippen molar-refractivity contribution < 1.29 is 9.47 Å². The SMILES string of the molecule is c1ccc(CN2CCCC3(CC2)OCCO3)cc1. The Morgan fingerprint density at radius 3 is 2.56 bits per heavy atom. The summed E-state index contributed by atoms with van der Waals surface area (Å²) in [4.78, 5) is 2.51. The van der Waals surface area contributed by atoms with Crippen LogP contribution in [0, 0.1) is 0 Å². The monoisotopic (exact) mass is 247 g/mol. The summed E-state index contributed by atoms with van der Waals surface area (Å²) in [5.74, 6) is -0.258. The van der Waals surface area contributed by atoms with Crippen LogP contribution in [-0.4, -0.2) is 37.0 Å². The number of likely N-dealkylation sites (tertiary alicyclic amines) is 1. The molecule has 2 heterocycles. The molecule has 18 heavy (non-hydrogen) atoms. The van der Waals surface area contributed by atoms with Gasteiger partial charge in [0.15, 0.2) is 5.79 Å². The van der Waals surface area contributed by atoms with Crippen LogP contribution in [0.4, 0.5) is 0 Å². The lowest BCUT2D eigenvalue weighted by Gasteiger charge is -2.26. The average molecular weight is 247 g/mol. The van der Waals surface area contributed by atoms with E-state index in [0.717, 1.165) is 52.1 Å². The Morgan fingerprint density at radius 1 is 1.00 bits per heavy atom. The summed E-state index contributed by atoms with van der Waals surface area (Å²) in [6.07, 6.45) is 3.20. The minimum atomic E-state index is -0.258. The largest absolute Gasteiger partial charge is 0.347 e. The Bertz CT molecular complexity index is 373. The van der Waals surface area contributed by atoms with Gasteiger partial charge < -0.3 is 9.47 Å². The minimum absolute atomic E-state index is 0.258. The highest BCUT2D eigenvalue weighted by Gasteiger charge is 2.37. The number of rotatable bonds is 2. The Kier molecular flexibility index (Phi) is 3.64. The summed E-state index contributed by atoms with van der Waals surface area (Å²) in [5.41, 5.74) is 1.39. The molecule has 2 aliphatic heterocycles. The zero-order chi connectivity index (χ0) is 12.3. The van der Waals surface area contributed by atoms with E-state index in [1.54, 1.807) is 0 Å². The lowest BCUT2D eigenvalue weighted by atomic mass is 10.1. The van der Waals surface area contributed by atoms with Crippen LogP contribution in [-0.2, 0) is 16.0 Å². The van der Waals surface area contributed by atoms with Crippen LogP contribution < -0.4 is 0 Å². The van der Waals surface area contributed by atoms with E-state index in [4.69, 9.17) is 9.47 Å². The second-order valence-electron chi connectivity index (χ2n) is 5.22. The molecule has 3 rings (SSSR count). The first-order valence-electron chi connectivity index (χ1n) is 6.91. The van der Waals surface area contributed by atoms with E-state index in [0.29, 0.717) is 0 Å². The molecular formula is C15H21NO2. The maximum atomic E-state index is 5.81. The summed E-state index contributed by atoms with van der Waals surface area (Å²) in [6.45, 7) is 4.77. The van der Waals surface area contributed by atoms with E-state index in [2.05, 4.69) is 35.2 Å². The van der Waals surface area contributed by atoms with E-state index in [9.17, 15) is 0 Å². The highest BCUT2D eigenvalue weighted by Crippen LogP contribution is 2.31. The van der Waals surface area contributed by atoms with Crippen molar-refractivity contribution in [3.63, 3.8) is 0 Å². The van der Waals surface area contributed by atoms with Crippen LogP contribution >= 0.6 is 0 Å².